The van der Waals surface area contributed by atoms with Crippen molar-refractivity contribution >= 4 is 22.6 Å². The summed E-state index contributed by atoms with van der Waals surface area (Å²) in [5, 5.41) is 3.59. The Morgan fingerprint density at radius 2 is 1.93 bits per heavy atom. The number of halogens is 1. The van der Waals surface area contributed by atoms with Crippen LogP contribution in [0.1, 0.15) is 6.42 Å². The molecule has 1 fully saturated rings. The molecule has 1 aliphatic carbocycles. The molecule has 2 aromatic heterocycles. The van der Waals surface area contributed by atoms with E-state index in [0.29, 0.717) is 17.3 Å². The van der Waals surface area contributed by atoms with Gasteiger partial charge in [0.2, 0.25) is 5.91 Å². The number of hydrogen-bond acceptors (Lipinski definition) is 4. The van der Waals surface area contributed by atoms with Gasteiger partial charge >= 0.3 is 0 Å². The third-order valence-electron chi connectivity index (χ3n) is 4.91. The fourth-order valence-electron chi connectivity index (χ4n) is 3.30. The van der Waals surface area contributed by atoms with Crippen molar-refractivity contribution in [3.8, 4) is 22.8 Å². The van der Waals surface area contributed by atoms with Gasteiger partial charge in [0.05, 0.1) is 43.1 Å². The van der Waals surface area contributed by atoms with Crippen molar-refractivity contribution in [3.05, 3.63) is 36.5 Å². The number of hydrogen-bond donors (Lipinski definition) is 1. The zero-order chi connectivity index (χ0) is 19.1. The summed E-state index contributed by atoms with van der Waals surface area (Å²) in [6, 6.07) is 9.40. The minimum Gasteiger partial charge on any atom is -0.496 e. The number of ether oxygens (including phenoxy) is 2. The van der Waals surface area contributed by atoms with Crippen LogP contribution >= 0.6 is 0 Å². The van der Waals surface area contributed by atoms with Crippen LogP contribution in [0, 0.1) is 5.92 Å². The van der Waals surface area contributed by atoms with Crippen LogP contribution in [-0.4, -0.2) is 35.8 Å². The van der Waals surface area contributed by atoms with Crippen LogP contribution in [0.3, 0.4) is 0 Å². The second kappa shape index (κ2) is 6.57. The third kappa shape index (κ3) is 2.99. The molecule has 0 bridgehead atoms. The number of pyridine rings is 1. The first-order chi connectivity index (χ1) is 13.0. The highest BCUT2D eigenvalue weighted by atomic mass is 19.1. The second-order valence-corrected chi connectivity index (χ2v) is 6.60. The molecule has 1 amide bonds. The van der Waals surface area contributed by atoms with Crippen molar-refractivity contribution in [1.82, 2.24) is 9.55 Å². The lowest BCUT2D eigenvalue weighted by Crippen LogP contribution is -2.15. The molecule has 7 heteroatoms. The van der Waals surface area contributed by atoms with Crippen molar-refractivity contribution in [1.29, 1.82) is 0 Å². The molecule has 4 rings (SSSR count). The van der Waals surface area contributed by atoms with Crippen LogP contribution < -0.4 is 14.8 Å². The molecule has 2 atom stereocenters. The summed E-state index contributed by atoms with van der Waals surface area (Å²) in [7, 11) is 5.17. The predicted molar refractivity (Wildman–Crippen MR) is 101 cm³/mol. The van der Waals surface area contributed by atoms with Gasteiger partial charge in [-0.2, -0.15) is 0 Å². The van der Waals surface area contributed by atoms with Gasteiger partial charge in [-0.15, -0.1) is 0 Å². The van der Waals surface area contributed by atoms with Crippen LogP contribution in [0.25, 0.3) is 22.2 Å². The molecule has 0 saturated heterocycles. The first-order valence-corrected chi connectivity index (χ1v) is 8.65. The maximum atomic E-state index is 13.1. The third-order valence-corrected chi connectivity index (χ3v) is 4.91. The standard InChI is InChI=1S/C20H20FN3O3/c1-24-14(19-16(26-2)5-4-6-17(19)27-3)7-11-8-18(22-10-15(11)24)23-20(25)12-9-13(12)21/h4-8,10,12-13H,9H2,1-3H3,(H,22,23,25). The Kier molecular flexibility index (Phi) is 4.22. The Hall–Kier alpha value is -3.09. The lowest BCUT2D eigenvalue weighted by molar-refractivity contribution is -0.117. The second-order valence-electron chi connectivity index (χ2n) is 6.60. The number of aromatic nitrogens is 2. The largest absolute Gasteiger partial charge is 0.496 e. The number of anilines is 1. The average molecular weight is 369 g/mol. The molecule has 2 unspecified atom stereocenters. The van der Waals surface area contributed by atoms with Crippen molar-refractivity contribution in [2.45, 2.75) is 12.6 Å². The maximum absolute atomic E-state index is 13.1. The average Bonchev–Trinajstić information content (AvgIpc) is 3.33. The molecule has 3 aromatic rings. The van der Waals surface area contributed by atoms with Crippen molar-refractivity contribution in [2.24, 2.45) is 13.0 Å². The number of fused-ring (bicyclic) bond motifs is 1. The highest BCUT2D eigenvalue weighted by Crippen LogP contribution is 2.40. The summed E-state index contributed by atoms with van der Waals surface area (Å²) in [4.78, 5) is 16.2. The Morgan fingerprint density at radius 1 is 1.26 bits per heavy atom. The van der Waals surface area contributed by atoms with E-state index in [-0.39, 0.29) is 12.3 Å². The van der Waals surface area contributed by atoms with Crippen LogP contribution in [0.15, 0.2) is 36.5 Å². The summed E-state index contributed by atoms with van der Waals surface area (Å²) in [5.41, 5.74) is 2.63. The Bertz CT molecular complexity index is 1010. The van der Waals surface area contributed by atoms with E-state index in [9.17, 15) is 9.18 Å². The highest BCUT2D eigenvalue weighted by molar-refractivity contribution is 5.97. The molecule has 1 N–H and O–H groups in total. The normalized spacial score (nSPS) is 18.4. The van der Waals surface area contributed by atoms with E-state index in [2.05, 4.69) is 10.3 Å². The lowest BCUT2D eigenvalue weighted by Gasteiger charge is -2.13. The van der Waals surface area contributed by atoms with Crippen LogP contribution in [0.4, 0.5) is 10.2 Å². The Balaban J connectivity index is 1.75. The van der Waals surface area contributed by atoms with E-state index in [0.717, 1.165) is 22.2 Å². The fourth-order valence-corrected chi connectivity index (χ4v) is 3.30. The number of carbonyl (C=O) groups is 1. The molecule has 1 saturated carbocycles. The van der Waals surface area contributed by atoms with Gasteiger partial charge in [0.25, 0.3) is 0 Å². The van der Waals surface area contributed by atoms with Gasteiger partial charge in [-0.1, -0.05) is 6.07 Å². The molecule has 140 valence electrons. The van der Waals surface area contributed by atoms with Gasteiger partial charge in [0.15, 0.2) is 0 Å². The van der Waals surface area contributed by atoms with Crippen molar-refractivity contribution < 1.29 is 18.7 Å². The molecular formula is C20H20FN3O3. The molecule has 0 radical (unpaired) electrons. The van der Waals surface area contributed by atoms with Crippen molar-refractivity contribution in [3.63, 3.8) is 0 Å². The topological polar surface area (TPSA) is 65.4 Å². The van der Waals surface area contributed by atoms with Gasteiger partial charge in [-0.05, 0) is 30.7 Å². The molecular weight excluding hydrogens is 349 g/mol. The number of amides is 1. The summed E-state index contributed by atoms with van der Waals surface area (Å²) < 4.78 is 26.1. The zero-order valence-corrected chi connectivity index (χ0v) is 15.3. The van der Waals surface area contributed by atoms with Gasteiger partial charge in [-0.3, -0.25) is 4.79 Å². The van der Waals surface area contributed by atoms with Gasteiger partial charge in [0, 0.05) is 12.4 Å². The number of rotatable bonds is 5. The van der Waals surface area contributed by atoms with Gasteiger partial charge < -0.3 is 19.4 Å². The Labute approximate surface area is 155 Å². The predicted octanol–water partition coefficient (Wildman–Crippen LogP) is 3.55. The number of methoxy groups -OCH3 is 2. The first-order valence-electron chi connectivity index (χ1n) is 8.65. The smallest absolute Gasteiger partial charge is 0.231 e. The monoisotopic (exact) mass is 369 g/mol. The van der Waals surface area contributed by atoms with E-state index in [4.69, 9.17) is 9.47 Å². The molecule has 2 heterocycles. The van der Waals surface area contributed by atoms with Crippen LogP contribution in [0.5, 0.6) is 11.5 Å². The number of alkyl halides is 1. The number of aryl methyl sites for hydroxylation is 1. The van der Waals surface area contributed by atoms with E-state index in [1.54, 1.807) is 26.5 Å². The van der Waals surface area contributed by atoms with Crippen LogP contribution in [0.2, 0.25) is 0 Å². The van der Waals surface area contributed by atoms with Crippen molar-refractivity contribution in [2.75, 3.05) is 19.5 Å². The molecule has 1 aromatic carbocycles. The minimum absolute atomic E-state index is 0.289. The molecule has 1 aliphatic rings. The summed E-state index contributed by atoms with van der Waals surface area (Å²) in [5.74, 6) is 0.938. The zero-order valence-electron chi connectivity index (χ0n) is 15.3. The highest BCUT2D eigenvalue weighted by Gasteiger charge is 2.43. The summed E-state index contributed by atoms with van der Waals surface area (Å²) >= 11 is 0. The van der Waals surface area contributed by atoms with E-state index >= 15 is 0 Å². The number of nitrogens with one attached hydrogen (secondary N) is 1. The summed E-state index contributed by atoms with van der Waals surface area (Å²) in [6.07, 6.45) is 0.947. The fraction of sp³-hybridized carbons (Fsp3) is 0.300. The van der Waals surface area contributed by atoms with E-state index in [1.165, 1.54) is 0 Å². The van der Waals surface area contributed by atoms with Gasteiger partial charge in [0.1, 0.15) is 23.5 Å². The first kappa shape index (κ1) is 17.3. The SMILES string of the molecule is COc1cccc(OC)c1-c1cc2cc(NC(=O)C3CC3F)ncc2n1C. The Morgan fingerprint density at radius 3 is 2.52 bits per heavy atom. The number of nitrogens with zero attached hydrogens (tertiary/aromatic N) is 2. The maximum Gasteiger partial charge on any atom is 0.231 e. The van der Waals surface area contributed by atoms with E-state index in [1.807, 2.05) is 35.9 Å². The minimum atomic E-state index is -1.03. The lowest BCUT2D eigenvalue weighted by atomic mass is 10.1. The molecule has 27 heavy (non-hydrogen) atoms. The molecule has 0 aliphatic heterocycles. The quantitative estimate of drug-likeness (QED) is 0.747. The number of carbonyl (C=O) groups excluding carboxylic acids is 1. The van der Waals surface area contributed by atoms with Crippen LogP contribution in [-0.2, 0) is 11.8 Å². The van der Waals surface area contributed by atoms with E-state index < -0.39 is 12.1 Å². The molecule has 0 spiro atoms. The number of benzene rings is 1. The summed E-state index contributed by atoms with van der Waals surface area (Å²) in [6.45, 7) is 0. The molecule has 6 nitrogen and oxygen atoms in total. The van der Waals surface area contributed by atoms with Gasteiger partial charge in [-0.25, -0.2) is 9.37 Å².